The topological polar surface area (TPSA) is 24.9 Å². The molecule has 1 aromatic rings. The Bertz CT molecular complexity index is 309. The molecule has 0 atom stereocenters. The normalized spacial score (nSPS) is 11.1. The third-order valence-electron chi connectivity index (χ3n) is 2.35. The van der Waals surface area contributed by atoms with E-state index in [1.54, 1.807) is 0 Å². The Hall–Kier alpha value is -1.31. The average molecular weight is 204 g/mol. The summed E-state index contributed by atoms with van der Waals surface area (Å²) in [5.74, 6) is 0. The number of hydrogen-bond donors (Lipinski definition) is 1. The van der Waals surface area contributed by atoms with E-state index in [2.05, 4.69) is 37.7 Å². The van der Waals surface area contributed by atoms with E-state index in [1.807, 2.05) is 24.4 Å². The van der Waals surface area contributed by atoms with Crippen molar-refractivity contribution >= 4 is 0 Å². The quantitative estimate of drug-likeness (QED) is 0.815. The van der Waals surface area contributed by atoms with Gasteiger partial charge in [0.05, 0.1) is 0 Å². The van der Waals surface area contributed by atoms with Crippen LogP contribution < -0.4 is 5.32 Å². The molecule has 0 aromatic carbocycles. The summed E-state index contributed by atoms with van der Waals surface area (Å²) in [7, 11) is 0. The molecule has 82 valence electrons. The van der Waals surface area contributed by atoms with E-state index in [0.29, 0.717) is 0 Å². The molecule has 0 aliphatic carbocycles. The molecule has 0 spiro atoms. The first-order valence-corrected chi connectivity index (χ1v) is 5.33. The molecule has 0 radical (unpaired) electrons. The zero-order valence-electron chi connectivity index (χ0n) is 9.88. The molecule has 1 N–H and O–H groups in total. The molecule has 1 rings (SSSR count). The van der Waals surface area contributed by atoms with E-state index in [9.17, 15) is 0 Å². The van der Waals surface area contributed by atoms with Gasteiger partial charge in [-0.2, -0.15) is 0 Å². The number of hydrogen-bond acceptors (Lipinski definition) is 2. The van der Waals surface area contributed by atoms with Crippen molar-refractivity contribution in [3.05, 3.63) is 42.4 Å². The van der Waals surface area contributed by atoms with E-state index in [0.717, 1.165) is 24.4 Å². The maximum atomic E-state index is 4.27. The van der Waals surface area contributed by atoms with Gasteiger partial charge in [0.15, 0.2) is 0 Å². The monoisotopic (exact) mass is 204 g/mol. The molecule has 0 unspecified atom stereocenters. The third kappa shape index (κ3) is 4.15. The average Bonchev–Trinajstić information content (AvgIpc) is 2.18. The maximum absolute atomic E-state index is 4.27. The number of rotatable bonds is 4. The first-order chi connectivity index (χ1) is 7.00. The first kappa shape index (κ1) is 11.8. The van der Waals surface area contributed by atoms with Gasteiger partial charge in [-0.25, -0.2) is 0 Å². The highest BCUT2D eigenvalue weighted by Gasteiger charge is 2.13. The van der Waals surface area contributed by atoms with Gasteiger partial charge >= 0.3 is 0 Å². The fourth-order valence-electron chi connectivity index (χ4n) is 1.15. The minimum absolute atomic E-state index is 0.129. The molecule has 0 aliphatic heterocycles. The molecule has 0 aliphatic rings. The van der Waals surface area contributed by atoms with Gasteiger partial charge < -0.3 is 5.32 Å². The highest BCUT2D eigenvalue weighted by atomic mass is 14.9. The maximum Gasteiger partial charge on any atom is 0.0421 e. The summed E-state index contributed by atoms with van der Waals surface area (Å²) in [4.78, 5) is 4.27. The molecule has 1 heterocycles. The van der Waals surface area contributed by atoms with Crippen LogP contribution in [-0.4, -0.2) is 11.5 Å². The van der Waals surface area contributed by atoms with Crippen LogP contribution in [0.2, 0.25) is 0 Å². The molecule has 2 heteroatoms. The Balaban J connectivity index is 2.32. The lowest BCUT2D eigenvalue weighted by Crippen LogP contribution is -2.25. The minimum Gasteiger partial charge on any atom is -0.388 e. The van der Waals surface area contributed by atoms with Crippen molar-refractivity contribution in [2.24, 2.45) is 5.41 Å². The summed E-state index contributed by atoms with van der Waals surface area (Å²) in [5.41, 5.74) is 2.33. The highest BCUT2D eigenvalue weighted by Crippen LogP contribution is 2.20. The van der Waals surface area contributed by atoms with Gasteiger partial charge in [-0.1, -0.05) is 33.4 Å². The van der Waals surface area contributed by atoms with Crippen molar-refractivity contribution in [1.82, 2.24) is 10.3 Å². The lowest BCUT2D eigenvalue weighted by molar-refractivity contribution is 0.462. The summed E-state index contributed by atoms with van der Waals surface area (Å²) >= 11 is 0. The number of aromatic nitrogens is 1. The standard InChI is InChI=1S/C13H20N2/c1-11(13(2,3)4)14-10-8-12-7-5-6-9-15-12/h5-7,9,14H,1,8,10H2,2-4H3. The Kier molecular flexibility index (Phi) is 3.89. The summed E-state index contributed by atoms with van der Waals surface area (Å²) in [5, 5.41) is 3.34. The molecule has 15 heavy (non-hydrogen) atoms. The minimum atomic E-state index is 0.129. The van der Waals surface area contributed by atoms with Crippen molar-refractivity contribution in [3.63, 3.8) is 0 Å². The molecule has 0 bridgehead atoms. The van der Waals surface area contributed by atoms with Gasteiger partial charge in [0.25, 0.3) is 0 Å². The summed E-state index contributed by atoms with van der Waals surface area (Å²) in [6.07, 6.45) is 2.77. The van der Waals surface area contributed by atoms with Crippen molar-refractivity contribution in [2.45, 2.75) is 27.2 Å². The second kappa shape index (κ2) is 4.96. The molecule has 0 saturated carbocycles. The third-order valence-corrected chi connectivity index (χ3v) is 2.35. The second-order valence-corrected chi connectivity index (χ2v) is 4.73. The Morgan fingerprint density at radius 1 is 1.40 bits per heavy atom. The van der Waals surface area contributed by atoms with Gasteiger partial charge in [-0.15, -0.1) is 0 Å². The van der Waals surface area contributed by atoms with Crippen LogP contribution in [0.25, 0.3) is 0 Å². The Labute approximate surface area is 92.4 Å². The fourth-order valence-corrected chi connectivity index (χ4v) is 1.15. The van der Waals surface area contributed by atoms with Gasteiger partial charge in [-0.05, 0) is 12.1 Å². The van der Waals surface area contributed by atoms with E-state index < -0.39 is 0 Å². The molecule has 0 amide bonds. The predicted octanol–water partition coefficient (Wildman–Crippen LogP) is 2.77. The second-order valence-electron chi connectivity index (χ2n) is 4.73. The van der Waals surface area contributed by atoms with Crippen LogP contribution in [-0.2, 0) is 6.42 Å². The van der Waals surface area contributed by atoms with Crippen LogP contribution in [0.1, 0.15) is 26.5 Å². The number of allylic oxidation sites excluding steroid dienone is 1. The largest absolute Gasteiger partial charge is 0.388 e. The Morgan fingerprint density at radius 2 is 2.13 bits per heavy atom. The van der Waals surface area contributed by atoms with Crippen LogP contribution in [0.5, 0.6) is 0 Å². The molecular weight excluding hydrogens is 184 g/mol. The van der Waals surface area contributed by atoms with Crippen LogP contribution in [0, 0.1) is 5.41 Å². The van der Waals surface area contributed by atoms with Gasteiger partial charge in [-0.3, -0.25) is 4.98 Å². The SMILES string of the molecule is C=C(NCCc1ccccn1)C(C)(C)C. The van der Waals surface area contributed by atoms with Crippen LogP contribution >= 0.6 is 0 Å². The highest BCUT2D eigenvalue weighted by molar-refractivity contribution is 5.06. The molecule has 0 fully saturated rings. The smallest absolute Gasteiger partial charge is 0.0421 e. The first-order valence-electron chi connectivity index (χ1n) is 5.33. The van der Waals surface area contributed by atoms with Crippen LogP contribution in [0.3, 0.4) is 0 Å². The molecule has 0 saturated heterocycles. The van der Waals surface area contributed by atoms with Crippen molar-refractivity contribution in [3.8, 4) is 0 Å². The van der Waals surface area contributed by atoms with Gasteiger partial charge in [0.1, 0.15) is 0 Å². The van der Waals surface area contributed by atoms with Gasteiger partial charge in [0, 0.05) is 36.0 Å². The lowest BCUT2D eigenvalue weighted by Gasteiger charge is -2.23. The van der Waals surface area contributed by atoms with Crippen molar-refractivity contribution < 1.29 is 0 Å². The number of nitrogens with one attached hydrogen (secondary N) is 1. The molecular formula is C13H20N2. The zero-order valence-corrected chi connectivity index (χ0v) is 9.88. The van der Waals surface area contributed by atoms with Crippen LogP contribution in [0.4, 0.5) is 0 Å². The van der Waals surface area contributed by atoms with Crippen molar-refractivity contribution in [1.29, 1.82) is 0 Å². The van der Waals surface area contributed by atoms with E-state index in [-0.39, 0.29) is 5.41 Å². The number of pyridine rings is 1. The summed E-state index contributed by atoms with van der Waals surface area (Å²) < 4.78 is 0. The lowest BCUT2D eigenvalue weighted by atomic mass is 9.93. The predicted molar refractivity (Wildman–Crippen MR) is 64.5 cm³/mol. The van der Waals surface area contributed by atoms with Crippen molar-refractivity contribution in [2.75, 3.05) is 6.54 Å². The van der Waals surface area contributed by atoms with Gasteiger partial charge in [0.2, 0.25) is 0 Å². The van der Waals surface area contributed by atoms with Crippen LogP contribution in [0.15, 0.2) is 36.7 Å². The molecule has 2 nitrogen and oxygen atoms in total. The summed E-state index contributed by atoms with van der Waals surface area (Å²) in [6.45, 7) is 11.4. The van der Waals surface area contributed by atoms with E-state index >= 15 is 0 Å². The summed E-state index contributed by atoms with van der Waals surface area (Å²) in [6, 6.07) is 5.99. The zero-order chi connectivity index (χ0) is 11.3. The Morgan fingerprint density at radius 3 is 2.67 bits per heavy atom. The fraction of sp³-hybridized carbons (Fsp3) is 0.462. The van der Waals surface area contributed by atoms with E-state index in [1.165, 1.54) is 0 Å². The number of nitrogens with zero attached hydrogens (tertiary/aromatic N) is 1. The molecule has 1 aromatic heterocycles. The van der Waals surface area contributed by atoms with E-state index in [4.69, 9.17) is 0 Å².